The van der Waals surface area contributed by atoms with Crippen molar-refractivity contribution < 1.29 is 14.3 Å². The Morgan fingerprint density at radius 3 is 2.90 bits per heavy atom. The van der Waals surface area contributed by atoms with Crippen LogP contribution in [-0.2, 0) is 0 Å². The van der Waals surface area contributed by atoms with Gasteiger partial charge in [-0.3, -0.25) is 0 Å². The number of halogens is 1. The van der Waals surface area contributed by atoms with E-state index in [0.717, 1.165) is 25.7 Å². The minimum absolute atomic E-state index is 0.163. The second-order valence-corrected chi connectivity index (χ2v) is 5.47. The molecule has 2 atom stereocenters. The van der Waals surface area contributed by atoms with E-state index in [-0.39, 0.29) is 17.3 Å². The Morgan fingerprint density at radius 2 is 2.25 bits per heavy atom. The average molecular weight is 280 g/mol. The fraction of sp³-hybridized carbons (Fsp3) is 0.533. The number of rotatable bonds is 4. The number of carbonyl (C=O) groups is 1. The van der Waals surface area contributed by atoms with Crippen LogP contribution in [0.4, 0.5) is 15.8 Å². The van der Waals surface area contributed by atoms with Gasteiger partial charge in [-0.2, -0.15) is 0 Å². The van der Waals surface area contributed by atoms with E-state index >= 15 is 0 Å². The number of nitrogen functional groups attached to an aromatic ring is 1. The van der Waals surface area contributed by atoms with Crippen molar-refractivity contribution >= 4 is 17.3 Å². The molecule has 1 fully saturated rings. The fourth-order valence-electron chi connectivity index (χ4n) is 2.96. The Kier molecular flexibility index (Phi) is 4.47. The quantitative estimate of drug-likeness (QED) is 0.738. The topological polar surface area (TPSA) is 75.3 Å². The highest BCUT2D eigenvalue weighted by molar-refractivity contribution is 6.00. The Bertz CT molecular complexity index is 505. The maximum Gasteiger partial charge on any atom is 0.340 e. The van der Waals surface area contributed by atoms with Crippen molar-refractivity contribution in [1.29, 1.82) is 0 Å². The molecule has 0 spiro atoms. The summed E-state index contributed by atoms with van der Waals surface area (Å²) < 4.78 is 13.4. The zero-order chi connectivity index (χ0) is 14.7. The molecule has 0 heterocycles. The summed E-state index contributed by atoms with van der Waals surface area (Å²) in [4.78, 5) is 11.3. The predicted molar refractivity (Wildman–Crippen MR) is 77.4 cm³/mol. The van der Waals surface area contributed by atoms with Crippen LogP contribution in [0.15, 0.2) is 12.1 Å². The molecule has 20 heavy (non-hydrogen) atoms. The lowest BCUT2D eigenvalue weighted by atomic mass is 9.84. The lowest BCUT2D eigenvalue weighted by Gasteiger charge is -2.30. The summed E-state index contributed by atoms with van der Waals surface area (Å²) in [5.74, 6) is -1.22. The van der Waals surface area contributed by atoms with Gasteiger partial charge in [0.15, 0.2) is 0 Å². The number of nitrogens with one attached hydrogen (secondary N) is 1. The molecule has 1 aliphatic carbocycles. The summed E-state index contributed by atoms with van der Waals surface area (Å²) in [6.07, 6.45) is 5.52. The molecule has 2 rings (SSSR count). The zero-order valence-corrected chi connectivity index (χ0v) is 11.7. The molecule has 0 aliphatic heterocycles. The molecule has 1 aromatic rings. The summed E-state index contributed by atoms with van der Waals surface area (Å²) in [5.41, 5.74) is 5.50. The Labute approximate surface area is 118 Å². The molecule has 0 amide bonds. The minimum atomic E-state index is -1.20. The minimum Gasteiger partial charge on any atom is -0.478 e. The van der Waals surface area contributed by atoms with Gasteiger partial charge in [-0.1, -0.05) is 26.2 Å². The van der Waals surface area contributed by atoms with Crippen molar-refractivity contribution in [3.8, 4) is 0 Å². The number of carboxylic acids is 1. The smallest absolute Gasteiger partial charge is 0.340 e. The van der Waals surface area contributed by atoms with Crippen LogP contribution < -0.4 is 11.1 Å². The molecule has 1 saturated carbocycles. The van der Waals surface area contributed by atoms with Gasteiger partial charge in [-0.25, -0.2) is 9.18 Å². The van der Waals surface area contributed by atoms with Crippen LogP contribution in [0, 0.1) is 11.7 Å². The van der Waals surface area contributed by atoms with E-state index < -0.39 is 11.8 Å². The van der Waals surface area contributed by atoms with E-state index in [9.17, 15) is 14.3 Å². The van der Waals surface area contributed by atoms with Gasteiger partial charge in [-0.05, 0) is 30.9 Å². The zero-order valence-electron chi connectivity index (χ0n) is 11.7. The van der Waals surface area contributed by atoms with E-state index in [2.05, 4.69) is 12.2 Å². The van der Waals surface area contributed by atoms with Crippen LogP contribution in [0.5, 0.6) is 0 Å². The molecule has 2 unspecified atom stereocenters. The molecule has 0 aromatic heterocycles. The first-order valence-electron chi connectivity index (χ1n) is 7.10. The van der Waals surface area contributed by atoms with Crippen molar-refractivity contribution in [1.82, 2.24) is 0 Å². The highest BCUT2D eigenvalue weighted by atomic mass is 19.1. The number of aromatic carboxylic acids is 1. The molecule has 0 radical (unpaired) electrons. The molecular weight excluding hydrogens is 259 g/mol. The second-order valence-electron chi connectivity index (χ2n) is 5.47. The standard InChI is InChI=1S/C15H21FN2O2/c1-2-9-4-3-5-10(8-9)18-12-7-6-11(16)14(17)13(12)15(19)20/h6-7,9-10,18H,2-5,8,17H2,1H3,(H,19,20). The third-order valence-corrected chi connectivity index (χ3v) is 4.13. The van der Waals surface area contributed by atoms with Gasteiger partial charge in [-0.15, -0.1) is 0 Å². The number of hydrogen-bond acceptors (Lipinski definition) is 3. The number of nitrogens with two attached hydrogens (primary N) is 1. The molecule has 4 nitrogen and oxygen atoms in total. The van der Waals surface area contributed by atoms with Crippen LogP contribution in [0.2, 0.25) is 0 Å². The summed E-state index contributed by atoms with van der Waals surface area (Å²) in [7, 11) is 0. The lowest BCUT2D eigenvalue weighted by Crippen LogP contribution is -2.28. The Balaban J connectivity index is 2.21. The van der Waals surface area contributed by atoms with E-state index in [1.807, 2.05) is 0 Å². The maximum atomic E-state index is 13.4. The fourth-order valence-corrected chi connectivity index (χ4v) is 2.96. The highest BCUT2D eigenvalue weighted by Gasteiger charge is 2.23. The van der Waals surface area contributed by atoms with Gasteiger partial charge in [0.1, 0.15) is 11.4 Å². The molecular formula is C15H21FN2O2. The number of carboxylic acid groups (broad SMARTS) is 1. The second kappa shape index (κ2) is 6.11. The van der Waals surface area contributed by atoms with Gasteiger partial charge in [0, 0.05) is 6.04 Å². The maximum absolute atomic E-state index is 13.4. The van der Waals surface area contributed by atoms with Crippen LogP contribution in [0.25, 0.3) is 0 Å². The van der Waals surface area contributed by atoms with E-state index in [1.165, 1.54) is 18.6 Å². The summed E-state index contributed by atoms with van der Waals surface area (Å²) in [5, 5.41) is 12.4. The van der Waals surface area contributed by atoms with Crippen molar-refractivity contribution in [2.45, 2.75) is 45.1 Å². The SMILES string of the molecule is CCC1CCCC(Nc2ccc(F)c(N)c2C(=O)O)C1. The van der Waals surface area contributed by atoms with Crippen molar-refractivity contribution in [3.05, 3.63) is 23.5 Å². The highest BCUT2D eigenvalue weighted by Crippen LogP contribution is 2.31. The van der Waals surface area contributed by atoms with Crippen LogP contribution in [0.3, 0.4) is 0 Å². The van der Waals surface area contributed by atoms with Crippen molar-refractivity contribution in [2.24, 2.45) is 5.92 Å². The van der Waals surface area contributed by atoms with Crippen LogP contribution in [-0.4, -0.2) is 17.1 Å². The molecule has 0 bridgehead atoms. The van der Waals surface area contributed by atoms with Gasteiger partial charge in [0.2, 0.25) is 0 Å². The first-order valence-corrected chi connectivity index (χ1v) is 7.10. The number of benzene rings is 1. The summed E-state index contributed by atoms with van der Waals surface area (Å²) in [6.45, 7) is 2.17. The van der Waals surface area contributed by atoms with Crippen molar-refractivity contribution in [2.75, 3.05) is 11.1 Å². The van der Waals surface area contributed by atoms with E-state index in [1.54, 1.807) is 0 Å². The van der Waals surface area contributed by atoms with Gasteiger partial charge in [0.05, 0.1) is 11.4 Å². The number of anilines is 2. The monoisotopic (exact) mass is 280 g/mol. The molecule has 0 saturated heterocycles. The molecule has 1 aromatic carbocycles. The average Bonchev–Trinajstić information content (AvgIpc) is 2.43. The summed E-state index contributed by atoms with van der Waals surface area (Å²) >= 11 is 0. The molecule has 1 aliphatic rings. The van der Waals surface area contributed by atoms with Crippen LogP contribution in [0.1, 0.15) is 49.4 Å². The Morgan fingerprint density at radius 1 is 1.50 bits per heavy atom. The van der Waals surface area contributed by atoms with Gasteiger partial charge < -0.3 is 16.2 Å². The Hall–Kier alpha value is -1.78. The van der Waals surface area contributed by atoms with Gasteiger partial charge in [0.25, 0.3) is 0 Å². The largest absolute Gasteiger partial charge is 0.478 e. The van der Waals surface area contributed by atoms with Crippen LogP contribution >= 0.6 is 0 Å². The van der Waals surface area contributed by atoms with Crippen molar-refractivity contribution in [3.63, 3.8) is 0 Å². The third kappa shape index (κ3) is 3.03. The lowest BCUT2D eigenvalue weighted by molar-refractivity contribution is 0.0698. The molecule has 110 valence electrons. The normalized spacial score (nSPS) is 22.5. The first-order chi connectivity index (χ1) is 9.52. The van der Waals surface area contributed by atoms with Gasteiger partial charge >= 0.3 is 5.97 Å². The summed E-state index contributed by atoms with van der Waals surface area (Å²) in [6, 6.07) is 2.91. The van der Waals surface area contributed by atoms with E-state index in [4.69, 9.17) is 5.73 Å². The third-order valence-electron chi connectivity index (χ3n) is 4.13. The number of hydrogen-bond donors (Lipinski definition) is 3. The first kappa shape index (κ1) is 14.6. The molecule has 4 N–H and O–H groups in total. The van der Waals surface area contributed by atoms with E-state index in [0.29, 0.717) is 11.6 Å². The predicted octanol–water partition coefficient (Wildman–Crippen LogP) is 3.49. The molecule has 5 heteroatoms.